The molecule has 0 aliphatic heterocycles. The van der Waals surface area contributed by atoms with Crippen LogP contribution in [0.3, 0.4) is 0 Å². The standard InChI is InChI=1S/C22H26N2O5/c1-2-28-14-8-13-23-22(27)24-20(25)16-29-21(26)19-12-7-6-11-18(19)15-17-9-4-3-5-10-17/h3-7,9-12H,2,8,13-16H2,1H3,(H2,23,24,25,27). The molecule has 0 aliphatic rings. The second-order valence-electron chi connectivity index (χ2n) is 6.25. The third-order valence-corrected chi connectivity index (χ3v) is 4.02. The van der Waals surface area contributed by atoms with E-state index >= 15 is 0 Å². The molecule has 29 heavy (non-hydrogen) atoms. The van der Waals surface area contributed by atoms with Gasteiger partial charge in [-0.15, -0.1) is 0 Å². The molecule has 2 aromatic carbocycles. The first-order valence-electron chi connectivity index (χ1n) is 9.54. The van der Waals surface area contributed by atoms with Gasteiger partial charge in [0, 0.05) is 19.8 Å². The van der Waals surface area contributed by atoms with Gasteiger partial charge in [0.2, 0.25) is 0 Å². The van der Waals surface area contributed by atoms with Crippen LogP contribution < -0.4 is 10.6 Å². The van der Waals surface area contributed by atoms with Gasteiger partial charge in [-0.25, -0.2) is 9.59 Å². The van der Waals surface area contributed by atoms with Crippen LogP contribution in [0.5, 0.6) is 0 Å². The summed E-state index contributed by atoms with van der Waals surface area (Å²) >= 11 is 0. The number of rotatable bonds is 10. The highest BCUT2D eigenvalue weighted by molar-refractivity contribution is 5.97. The maximum atomic E-state index is 12.4. The molecule has 0 atom stereocenters. The first-order valence-corrected chi connectivity index (χ1v) is 9.54. The fourth-order valence-electron chi connectivity index (χ4n) is 2.63. The minimum absolute atomic E-state index is 0.381. The Kier molecular flexibility index (Phi) is 9.38. The van der Waals surface area contributed by atoms with Gasteiger partial charge >= 0.3 is 12.0 Å². The van der Waals surface area contributed by atoms with Crippen LogP contribution in [0, 0.1) is 0 Å². The fraction of sp³-hybridized carbons (Fsp3) is 0.318. The number of carbonyl (C=O) groups is 3. The van der Waals surface area contributed by atoms with Gasteiger partial charge in [0.15, 0.2) is 6.61 Å². The Morgan fingerprint density at radius 2 is 1.69 bits per heavy atom. The van der Waals surface area contributed by atoms with Crippen LogP contribution in [0.4, 0.5) is 4.79 Å². The van der Waals surface area contributed by atoms with E-state index in [1.165, 1.54) is 0 Å². The zero-order valence-electron chi connectivity index (χ0n) is 16.5. The van der Waals surface area contributed by atoms with Crippen molar-refractivity contribution in [2.24, 2.45) is 0 Å². The van der Waals surface area contributed by atoms with Gasteiger partial charge < -0.3 is 14.8 Å². The summed E-state index contributed by atoms with van der Waals surface area (Å²) in [4.78, 5) is 35.9. The lowest BCUT2D eigenvalue weighted by atomic mass is 10.00. The van der Waals surface area contributed by atoms with Crippen LogP contribution >= 0.6 is 0 Å². The van der Waals surface area contributed by atoms with E-state index in [9.17, 15) is 14.4 Å². The van der Waals surface area contributed by atoms with E-state index in [1.807, 2.05) is 49.4 Å². The van der Waals surface area contributed by atoms with E-state index in [0.29, 0.717) is 38.2 Å². The number of benzene rings is 2. The number of imide groups is 1. The smallest absolute Gasteiger partial charge is 0.338 e. The van der Waals surface area contributed by atoms with Gasteiger partial charge in [0.25, 0.3) is 5.91 Å². The summed E-state index contributed by atoms with van der Waals surface area (Å²) in [5.41, 5.74) is 2.26. The quantitative estimate of drug-likeness (QED) is 0.474. The fourth-order valence-corrected chi connectivity index (χ4v) is 2.63. The van der Waals surface area contributed by atoms with Crippen molar-refractivity contribution in [3.63, 3.8) is 0 Å². The molecule has 2 rings (SSSR count). The van der Waals surface area contributed by atoms with E-state index in [-0.39, 0.29) is 0 Å². The Morgan fingerprint density at radius 3 is 2.45 bits per heavy atom. The molecule has 0 saturated carbocycles. The molecule has 0 heterocycles. The Morgan fingerprint density at radius 1 is 0.966 bits per heavy atom. The normalized spacial score (nSPS) is 10.2. The summed E-state index contributed by atoms with van der Waals surface area (Å²) < 4.78 is 10.2. The van der Waals surface area contributed by atoms with Crippen molar-refractivity contribution in [1.29, 1.82) is 0 Å². The molecule has 0 aliphatic carbocycles. The van der Waals surface area contributed by atoms with Crippen LogP contribution in [0.25, 0.3) is 0 Å². The van der Waals surface area contributed by atoms with E-state index in [4.69, 9.17) is 9.47 Å². The molecule has 2 N–H and O–H groups in total. The van der Waals surface area contributed by atoms with Gasteiger partial charge in [-0.1, -0.05) is 48.5 Å². The van der Waals surface area contributed by atoms with Crippen LogP contribution in [0.2, 0.25) is 0 Å². The first kappa shape index (κ1) is 22.1. The predicted molar refractivity (Wildman–Crippen MR) is 109 cm³/mol. The zero-order valence-corrected chi connectivity index (χ0v) is 16.5. The number of nitrogens with one attached hydrogen (secondary N) is 2. The highest BCUT2D eigenvalue weighted by atomic mass is 16.5. The van der Waals surface area contributed by atoms with Gasteiger partial charge in [0.1, 0.15) is 0 Å². The second kappa shape index (κ2) is 12.3. The minimum atomic E-state index is -0.693. The average molecular weight is 398 g/mol. The van der Waals surface area contributed by atoms with Crippen molar-refractivity contribution in [2.45, 2.75) is 19.8 Å². The molecule has 7 nitrogen and oxygen atoms in total. The highest BCUT2D eigenvalue weighted by Gasteiger charge is 2.15. The molecule has 154 valence electrons. The molecule has 0 unspecified atom stereocenters. The second-order valence-corrected chi connectivity index (χ2v) is 6.25. The number of carbonyl (C=O) groups excluding carboxylic acids is 3. The van der Waals surface area contributed by atoms with E-state index in [2.05, 4.69) is 10.6 Å². The van der Waals surface area contributed by atoms with Crippen LogP contribution in [-0.4, -0.2) is 44.3 Å². The Balaban J connectivity index is 1.80. The first-order chi connectivity index (χ1) is 14.1. The summed E-state index contributed by atoms with van der Waals surface area (Å²) in [5, 5.41) is 4.66. The average Bonchev–Trinajstić information content (AvgIpc) is 2.73. The number of urea groups is 1. The topological polar surface area (TPSA) is 93.7 Å². The number of esters is 1. The molecule has 0 radical (unpaired) electrons. The van der Waals surface area contributed by atoms with Crippen molar-refractivity contribution in [2.75, 3.05) is 26.4 Å². The lowest BCUT2D eigenvalue weighted by molar-refractivity contribution is -0.123. The molecule has 2 aromatic rings. The van der Waals surface area contributed by atoms with Crippen molar-refractivity contribution < 1.29 is 23.9 Å². The molecule has 7 heteroatoms. The Hall–Kier alpha value is -3.19. The molecule has 0 aromatic heterocycles. The zero-order chi connectivity index (χ0) is 20.9. The summed E-state index contributed by atoms with van der Waals surface area (Å²) in [6, 6.07) is 16.2. The van der Waals surface area contributed by atoms with Crippen molar-refractivity contribution >= 4 is 17.9 Å². The van der Waals surface area contributed by atoms with Crippen LogP contribution in [0.1, 0.15) is 34.8 Å². The van der Waals surface area contributed by atoms with Crippen molar-refractivity contribution in [1.82, 2.24) is 10.6 Å². The maximum Gasteiger partial charge on any atom is 0.338 e. The molecule has 0 bridgehead atoms. The van der Waals surface area contributed by atoms with E-state index in [0.717, 1.165) is 11.1 Å². The van der Waals surface area contributed by atoms with E-state index in [1.54, 1.807) is 12.1 Å². The van der Waals surface area contributed by atoms with Crippen LogP contribution in [-0.2, 0) is 20.7 Å². The molecule has 0 fully saturated rings. The van der Waals surface area contributed by atoms with Crippen molar-refractivity contribution in [3.05, 3.63) is 71.3 Å². The molecular weight excluding hydrogens is 372 g/mol. The van der Waals surface area contributed by atoms with Crippen LogP contribution in [0.15, 0.2) is 54.6 Å². The van der Waals surface area contributed by atoms with Gasteiger partial charge in [-0.2, -0.15) is 0 Å². The molecule has 3 amide bonds. The lowest BCUT2D eigenvalue weighted by Gasteiger charge is -2.10. The minimum Gasteiger partial charge on any atom is -0.452 e. The Bertz CT molecular complexity index is 808. The Labute approximate surface area is 170 Å². The summed E-state index contributed by atoms with van der Waals surface area (Å²) in [5.74, 6) is -1.30. The predicted octanol–water partition coefficient (Wildman–Crippen LogP) is 2.69. The largest absolute Gasteiger partial charge is 0.452 e. The maximum absolute atomic E-state index is 12.4. The van der Waals surface area contributed by atoms with Gasteiger partial charge in [-0.3, -0.25) is 10.1 Å². The highest BCUT2D eigenvalue weighted by Crippen LogP contribution is 2.15. The van der Waals surface area contributed by atoms with Crippen molar-refractivity contribution in [3.8, 4) is 0 Å². The van der Waals surface area contributed by atoms with Gasteiger partial charge in [-0.05, 0) is 37.0 Å². The monoisotopic (exact) mass is 398 g/mol. The summed E-state index contributed by atoms with van der Waals surface area (Å²) in [6.45, 7) is 2.88. The number of hydrogen-bond acceptors (Lipinski definition) is 5. The number of amides is 3. The third-order valence-electron chi connectivity index (χ3n) is 4.02. The molecule has 0 spiro atoms. The molecular formula is C22H26N2O5. The van der Waals surface area contributed by atoms with Gasteiger partial charge in [0.05, 0.1) is 5.56 Å². The molecule has 0 saturated heterocycles. The summed E-state index contributed by atoms with van der Waals surface area (Å²) in [7, 11) is 0. The SMILES string of the molecule is CCOCCCNC(=O)NC(=O)COC(=O)c1ccccc1Cc1ccccc1. The number of hydrogen-bond donors (Lipinski definition) is 2. The van der Waals surface area contributed by atoms with E-state index < -0.39 is 24.5 Å². The lowest BCUT2D eigenvalue weighted by Crippen LogP contribution is -2.42. The summed E-state index contributed by atoms with van der Waals surface area (Å²) in [6.07, 6.45) is 1.21. The number of ether oxygens (including phenoxy) is 2. The third kappa shape index (κ3) is 8.15.